The number of carbonyl (C=O) groups excluding carboxylic acids is 2. The molecule has 0 atom stereocenters. The number of aliphatic imine (C=N–C) groups is 1. The van der Waals surface area contributed by atoms with Crippen molar-refractivity contribution in [3.05, 3.63) is 57.7 Å². The highest BCUT2D eigenvalue weighted by Gasteiger charge is 2.09. The number of halogens is 1. The number of carbonyl (C=O) groups is 2. The van der Waals surface area contributed by atoms with E-state index in [-0.39, 0.29) is 11.7 Å². The molecule has 0 bridgehead atoms. The van der Waals surface area contributed by atoms with Gasteiger partial charge in [0.25, 0.3) is 5.91 Å². The molecule has 0 aliphatic heterocycles. The zero-order valence-electron chi connectivity index (χ0n) is 8.76. The zero-order valence-corrected chi connectivity index (χ0v) is 10.9. The van der Waals surface area contributed by atoms with Crippen LogP contribution in [0.4, 0.5) is 0 Å². The van der Waals surface area contributed by atoms with Gasteiger partial charge in [-0.2, -0.15) is 0 Å². The molecule has 1 aromatic rings. The van der Waals surface area contributed by atoms with Gasteiger partial charge in [0.15, 0.2) is 5.78 Å². The van der Waals surface area contributed by atoms with E-state index < -0.39 is 0 Å². The van der Waals surface area contributed by atoms with Crippen molar-refractivity contribution in [2.45, 2.75) is 0 Å². The molecule has 17 heavy (non-hydrogen) atoms. The van der Waals surface area contributed by atoms with E-state index in [1.54, 1.807) is 12.1 Å². The molecule has 4 heteroatoms. The van der Waals surface area contributed by atoms with Gasteiger partial charge in [-0.3, -0.25) is 9.59 Å². The molecule has 0 fully saturated rings. The van der Waals surface area contributed by atoms with E-state index in [1.807, 2.05) is 12.1 Å². The van der Waals surface area contributed by atoms with E-state index in [9.17, 15) is 9.59 Å². The largest absolute Gasteiger partial charge is 0.290 e. The lowest BCUT2D eigenvalue weighted by Gasteiger charge is -2.01. The van der Waals surface area contributed by atoms with Gasteiger partial charge < -0.3 is 0 Å². The van der Waals surface area contributed by atoms with Gasteiger partial charge in [-0.05, 0) is 59.0 Å². The fourth-order valence-electron chi connectivity index (χ4n) is 1.33. The number of amides is 1. The summed E-state index contributed by atoms with van der Waals surface area (Å²) in [6.45, 7) is 0. The summed E-state index contributed by atoms with van der Waals surface area (Å²) in [7, 11) is 0. The van der Waals surface area contributed by atoms with E-state index >= 15 is 0 Å². The third-order valence-corrected chi connectivity index (χ3v) is 3.11. The second-order valence-corrected chi connectivity index (χ2v) is 4.55. The van der Waals surface area contributed by atoms with Gasteiger partial charge in [0, 0.05) is 3.57 Å². The molecular formula is C13H8INO2. The van der Waals surface area contributed by atoms with Crippen LogP contribution in [0.5, 0.6) is 0 Å². The molecule has 0 radical (unpaired) electrons. The van der Waals surface area contributed by atoms with Crippen molar-refractivity contribution in [1.82, 2.24) is 0 Å². The second kappa shape index (κ2) is 5.18. The highest BCUT2D eigenvalue weighted by Crippen LogP contribution is 2.13. The fourth-order valence-corrected chi connectivity index (χ4v) is 1.95. The molecule has 0 N–H and O–H groups in total. The lowest BCUT2D eigenvalue weighted by molar-refractivity contribution is -0.110. The van der Waals surface area contributed by atoms with Crippen LogP contribution in [0.3, 0.4) is 0 Å². The molecule has 2 rings (SSSR count). The molecule has 84 valence electrons. The summed E-state index contributed by atoms with van der Waals surface area (Å²) >= 11 is 2.09. The summed E-state index contributed by atoms with van der Waals surface area (Å²) in [5.41, 5.74) is 1.06. The van der Waals surface area contributed by atoms with Crippen LogP contribution >= 0.6 is 22.6 Å². The van der Waals surface area contributed by atoms with Gasteiger partial charge in [-0.15, -0.1) is 0 Å². The van der Waals surface area contributed by atoms with Crippen molar-refractivity contribution >= 4 is 40.0 Å². The van der Waals surface area contributed by atoms with Crippen LogP contribution in [0.25, 0.3) is 0 Å². The maximum Gasteiger partial charge on any atom is 0.278 e. The Morgan fingerprint density at radius 2 is 1.71 bits per heavy atom. The maximum absolute atomic E-state index is 11.9. The van der Waals surface area contributed by atoms with Crippen molar-refractivity contribution in [2.75, 3.05) is 0 Å². The molecule has 0 spiro atoms. The number of rotatable bonds is 1. The molecule has 0 saturated heterocycles. The number of ketones is 1. The monoisotopic (exact) mass is 337 g/mol. The van der Waals surface area contributed by atoms with Gasteiger partial charge in [-0.25, -0.2) is 4.99 Å². The first-order valence-electron chi connectivity index (χ1n) is 4.94. The molecule has 0 saturated carbocycles. The van der Waals surface area contributed by atoms with Crippen LogP contribution in [0.2, 0.25) is 0 Å². The SMILES string of the molecule is O=C1C=CC(=NC(=O)c2ccccc2I)C=C1. The summed E-state index contributed by atoms with van der Waals surface area (Å²) in [4.78, 5) is 26.7. The van der Waals surface area contributed by atoms with Gasteiger partial charge in [0.2, 0.25) is 0 Å². The molecule has 1 aliphatic rings. The topological polar surface area (TPSA) is 46.5 Å². The minimum absolute atomic E-state index is 0.0920. The lowest BCUT2D eigenvalue weighted by atomic mass is 10.1. The van der Waals surface area contributed by atoms with Gasteiger partial charge >= 0.3 is 0 Å². The Labute approximate surface area is 112 Å². The minimum atomic E-state index is -0.298. The summed E-state index contributed by atoms with van der Waals surface area (Å²) in [6.07, 6.45) is 5.86. The Kier molecular flexibility index (Phi) is 3.63. The molecule has 1 aliphatic carbocycles. The van der Waals surface area contributed by atoms with Crippen molar-refractivity contribution in [3.63, 3.8) is 0 Å². The van der Waals surface area contributed by atoms with Crippen molar-refractivity contribution in [1.29, 1.82) is 0 Å². The minimum Gasteiger partial charge on any atom is -0.290 e. The van der Waals surface area contributed by atoms with Crippen LogP contribution in [0.15, 0.2) is 53.6 Å². The van der Waals surface area contributed by atoms with E-state index in [1.165, 1.54) is 24.3 Å². The third-order valence-electron chi connectivity index (χ3n) is 2.17. The second-order valence-electron chi connectivity index (χ2n) is 3.39. The Morgan fingerprint density at radius 3 is 2.35 bits per heavy atom. The standard InChI is InChI=1S/C13H8INO2/c14-12-4-2-1-3-11(12)13(17)15-9-5-7-10(16)8-6-9/h1-8H. The first-order valence-corrected chi connectivity index (χ1v) is 6.02. The molecule has 1 aromatic carbocycles. The Bertz CT molecular complexity index is 553. The molecule has 1 amide bonds. The third kappa shape index (κ3) is 2.97. The number of hydrogen-bond acceptors (Lipinski definition) is 2. The smallest absolute Gasteiger partial charge is 0.278 e. The van der Waals surface area contributed by atoms with Gasteiger partial charge in [0.05, 0.1) is 11.3 Å². The summed E-state index contributed by atoms with van der Waals surface area (Å²) in [5.74, 6) is -0.390. The predicted molar refractivity (Wildman–Crippen MR) is 74.2 cm³/mol. The quantitative estimate of drug-likeness (QED) is 0.584. The molecule has 3 nitrogen and oxygen atoms in total. The fraction of sp³-hybridized carbons (Fsp3) is 0. The Morgan fingerprint density at radius 1 is 1.06 bits per heavy atom. The Balaban J connectivity index is 2.26. The van der Waals surface area contributed by atoms with Crippen molar-refractivity contribution in [2.24, 2.45) is 4.99 Å². The Hall–Kier alpha value is -1.56. The maximum atomic E-state index is 11.9. The number of allylic oxidation sites excluding steroid dienone is 4. The normalized spacial score (nSPS) is 13.9. The zero-order chi connectivity index (χ0) is 12.3. The highest BCUT2D eigenvalue weighted by atomic mass is 127. The lowest BCUT2D eigenvalue weighted by Crippen LogP contribution is -2.05. The van der Waals surface area contributed by atoms with Crippen molar-refractivity contribution < 1.29 is 9.59 Å². The van der Waals surface area contributed by atoms with Crippen LogP contribution in [-0.2, 0) is 4.79 Å². The average molecular weight is 337 g/mol. The van der Waals surface area contributed by atoms with Gasteiger partial charge in [-0.1, -0.05) is 12.1 Å². The van der Waals surface area contributed by atoms with E-state index in [0.29, 0.717) is 11.3 Å². The number of hydrogen-bond donors (Lipinski definition) is 0. The van der Waals surface area contributed by atoms with E-state index in [0.717, 1.165) is 3.57 Å². The molecular weight excluding hydrogens is 329 g/mol. The van der Waals surface area contributed by atoms with Crippen molar-refractivity contribution in [3.8, 4) is 0 Å². The van der Waals surface area contributed by atoms with Crippen LogP contribution < -0.4 is 0 Å². The summed E-state index contributed by atoms with van der Waals surface area (Å²) in [6, 6.07) is 7.25. The summed E-state index contributed by atoms with van der Waals surface area (Å²) < 4.78 is 0.860. The molecule has 0 heterocycles. The van der Waals surface area contributed by atoms with E-state index in [4.69, 9.17) is 0 Å². The summed E-state index contributed by atoms with van der Waals surface area (Å²) in [5, 5.41) is 0. The number of nitrogens with zero attached hydrogens (tertiary/aromatic N) is 1. The first-order chi connectivity index (χ1) is 8.16. The first kappa shape index (κ1) is 11.9. The molecule has 0 aromatic heterocycles. The molecule has 0 unspecified atom stereocenters. The van der Waals surface area contributed by atoms with E-state index in [2.05, 4.69) is 27.6 Å². The number of benzene rings is 1. The van der Waals surface area contributed by atoms with Crippen LogP contribution in [0, 0.1) is 3.57 Å². The van der Waals surface area contributed by atoms with Crippen LogP contribution in [0.1, 0.15) is 10.4 Å². The van der Waals surface area contributed by atoms with Crippen LogP contribution in [-0.4, -0.2) is 17.4 Å². The van der Waals surface area contributed by atoms with Gasteiger partial charge in [0.1, 0.15) is 0 Å². The predicted octanol–water partition coefficient (Wildman–Crippen LogP) is 2.57. The highest BCUT2D eigenvalue weighted by molar-refractivity contribution is 14.1. The average Bonchev–Trinajstić information content (AvgIpc) is 2.32.